The second kappa shape index (κ2) is 31.0. The first-order valence-electron chi connectivity index (χ1n) is 28.4. The number of aromatic nitrogens is 2. The predicted octanol–water partition coefficient (Wildman–Crippen LogP) is 6.71. The number of piperidine rings is 2. The summed E-state index contributed by atoms with van der Waals surface area (Å²) < 4.78 is 16.9. The molecule has 3 fully saturated rings. The Hall–Kier alpha value is -6.38. The molecule has 2 aromatic carbocycles. The Morgan fingerprint density at radius 3 is 2.14 bits per heavy atom. The van der Waals surface area contributed by atoms with Crippen molar-refractivity contribution in [2.24, 2.45) is 11.3 Å². The van der Waals surface area contributed by atoms with Gasteiger partial charge < -0.3 is 50.0 Å². The highest BCUT2D eigenvalue weighted by Crippen LogP contribution is 2.31. The fourth-order valence-corrected chi connectivity index (χ4v) is 11.3. The Balaban J connectivity index is 0.688. The molecule has 0 bridgehead atoms. The Morgan fingerprint density at radius 2 is 1.49 bits per heavy atom. The predicted molar refractivity (Wildman–Crippen MR) is 307 cm³/mol. The second-order valence-electron chi connectivity index (χ2n) is 22.2. The van der Waals surface area contributed by atoms with E-state index in [1.807, 2.05) is 91.5 Å². The molecule has 0 saturated carbocycles. The summed E-state index contributed by atoms with van der Waals surface area (Å²) in [5, 5.41) is 19.3. The second-order valence-corrected chi connectivity index (χ2v) is 23.1. The van der Waals surface area contributed by atoms with Crippen molar-refractivity contribution in [1.82, 2.24) is 40.6 Å². The number of rotatable bonds is 27. The van der Waals surface area contributed by atoms with E-state index >= 15 is 0 Å². The molecule has 0 aliphatic carbocycles. The van der Waals surface area contributed by atoms with Gasteiger partial charge in [0, 0.05) is 82.7 Å². The number of nitrogens with one attached hydrogen (secondary N) is 3. The van der Waals surface area contributed by atoms with E-state index in [2.05, 4.69) is 38.1 Å². The molecule has 6 amide bonds. The number of aliphatic hydroxyl groups is 1. The number of carbonyl (C=O) groups excluding carboxylic acids is 6. The summed E-state index contributed by atoms with van der Waals surface area (Å²) in [4.78, 5) is 93.7. The third-order valence-electron chi connectivity index (χ3n) is 15.2. The van der Waals surface area contributed by atoms with Crippen molar-refractivity contribution in [3.63, 3.8) is 0 Å². The van der Waals surface area contributed by atoms with Gasteiger partial charge in [0.2, 0.25) is 29.5 Å². The molecule has 3 aliphatic rings. The molecule has 0 unspecified atom stereocenters. The number of β-amino-alcohol motifs (C(OH)–C–C–N with tert-alkyl or cyclic N) is 1. The Labute approximate surface area is 475 Å². The lowest BCUT2D eigenvalue weighted by Crippen LogP contribution is -2.57. The number of ether oxygens (including phenoxy) is 3. The zero-order valence-electron chi connectivity index (χ0n) is 47.1. The molecule has 80 heavy (non-hydrogen) atoms. The molecule has 7 rings (SSSR count). The van der Waals surface area contributed by atoms with E-state index in [9.17, 15) is 33.9 Å². The van der Waals surface area contributed by atoms with Crippen molar-refractivity contribution in [1.29, 1.82) is 0 Å². The number of unbranched alkanes of at least 4 members (excludes halogenated alkanes) is 1. The van der Waals surface area contributed by atoms with Crippen LogP contribution >= 0.6 is 11.3 Å². The van der Waals surface area contributed by atoms with Crippen LogP contribution < -0.4 is 16.0 Å². The molecule has 0 spiro atoms. The maximum atomic E-state index is 14.0. The van der Waals surface area contributed by atoms with Gasteiger partial charge in [0.05, 0.1) is 68.2 Å². The van der Waals surface area contributed by atoms with Gasteiger partial charge in [-0.05, 0) is 103 Å². The molecule has 3 atom stereocenters. The lowest BCUT2D eigenvalue weighted by atomic mass is 9.85. The standard InChI is InChI=1S/C61H82N8O10S/c1-43-56(80-42-65-43)49-13-10-46(11-14-49)40-64-58(74)52-38-51(70)41-69(52)60(76)57(61(2,3)4)66-54(72)24-32-77-34-36-79-37-35-78-33-25-55(73)67-30-22-48(23-31-67)47-15-17-50(18-16-47)59(75)68-28-20-44(21-29-68)8-5-6-27-63-53(71)19-12-45-9-7-26-62-39-45/h7,9-19,26,39,42,44,48,51-52,57,70H,5-6,8,20-25,27-38,40-41H2,1-4H3,(H,63,71)(H,64,74)(H,66,72)/b19-12+/t51-,52+,57-/m1/s1. The van der Waals surface area contributed by atoms with Crippen molar-refractivity contribution in [3.8, 4) is 10.4 Å². The lowest BCUT2D eigenvalue weighted by Gasteiger charge is -2.35. The minimum Gasteiger partial charge on any atom is -0.391 e. The van der Waals surface area contributed by atoms with Gasteiger partial charge in [-0.1, -0.05) is 76.1 Å². The molecule has 3 aliphatic heterocycles. The third kappa shape index (κ3) is 18.9. The molecule has 2 aromatic heterocycles. The zero-order valence-corrected chi connectivity index (χ0v) is 47.9. The summed E-state index contributed by atoms with van der Waals surface area (Å²) in [6.07, 6.45) is 13.0. The first kappa shape index (κ1) is 61.2. The van der Waals surface area contributed by atoms with Crippen LogP contribution in [0, 0.1) is 18.3 Å². The van der Waals surface area contributed by atoms with Crippen LogP contribution in [0.25, 0.3) is 16.5 Å². The number of likely N-dealkylation sites (tertiary alicyclic amines) is 3. The van der Waals surface area contributed by atoms with Crippen LogP contribution in [0.1, 0.15) is 124 Å². The van der Waals surface area contributed by atoms with E-state index in [0.29, 0.717) is 69.9 Å². The summed E-state index contributed by atoms with van der Waals surface area (Å²) in [5.41, 5.74) is 6.83. The highest BCUT2D eigenvalue weighted by atomic mass is 32.1. The number of amides is 6. The Morgan fingerprint density at radius 1 is 0.812 bits per heavy atom. The summed E-state index contributed by atoms with van der Waals surface area (Å²) in [6.45, 7) is 12.9. The van der Waals surface area contributed by atoms with Crippen LogP contribution in [-0.4, -0.2) is 162 Å². The van der Waals surface area contributed by atoms with E-state index in [1.54, 1.807) is 35.9 Å². The molecular weight excluding hydrogens is 1040 g/mol. The van der Waals surface area contributed by atoms with E-state index in [0.717, 1.165) is 85.3 Å². The first-order chi connectivity index (χ1) is 38.6. The number of hydrogen-bond acceptors (Lipinski definition) is 13. The lowest BCUT2D eigenvalue weighted by molar-refractivity contribution is -0.144. The molecule has 0 radical (unpaired) electrons. The average Bonchev–Trinajstić information content (AvgIpc) is 4.11. The Bertz CT molecular complexity index is 2650. The van der Waals surface area contributed by atoms with E-state index in [1.165, 1.54) is 10.5 Å². The van der Waals surface area contributed by atoms with Crippen molar-refractivity contribution in [2.75, 3.05) is 78.9 Å². The number of nitrogens with zero attached hydrogens (tertiary/aromatic N) is 5. The number of aliphatic hydroxyl groups excluding tert-OH is 1. The highest BCUT2D eigenvalue weighted by molar-refractivity contribution is 7.13. The minimum atomic E-state index is -0.940. The molecular formula is C61H82N8O10S. The van der Waals surface area contributed by atoms with Crippen molar-refractivity contribution in [2.45, 2.75) is 123 Å². The Kier molecular flexibility index (Phi) is 23.7. The van der Waals surface area contributed by atoms with Crippen LogP contribution in [-0.2, 0) is 44.7 Å². The molecule has 4 N–H and O–H groups in total. The monoisotopic (exact) mass is 1120 g/mol. The van der Waals surface area contributed by atoms with Gasteiger partial charge in [-0.15, -0.1) is 11.3 Å². The minimum absolute atomic E-state index is 0.0117. The summed E-state index contributed by atoms with van der Waals surface area (Å²) in [7, 11) is 0. The quantitative estimate of drug-likeness (QED) is 0.0362. The number of carbonyl (C=O) groups is 6. The number of benzene rings is 2. The number of aryl methyl sites for hydroxylation is 1. The zero-order chi connectivity index (χ0) is 56.9. The first-order valence-corrected chi connectivity index (χ1v) is 29.3. The van der Waals surface area contributed by atoms with Crippen molar-refractivity contribution >= 4 is 52.9 Å². The smallest absolute Gasteiger partial charge is 0.253 e. The van der Waals surface area contributed by atoms with E-state index in [-0.39, 0.29) is 68.7 Å². The van der Waals surface area contributed by atoms with Gasteiger partial charge in [0.1, 0.15) is 12.1 Å². The summed E-state index contributed by atoms with van der Waals surface area (Å²) >= 11 is 1.57. The molecule has 432 valence electrons. The number of thiazole rings is 1. The fourth-order valence-electron chi connectivity index (χ4n) is 10.5. The topological polar surface area (TPSA) is 222 Å². The van der Waals surface area contributed by atoms with Gasteiger partial charge >= 0.3 is 0 Å². The third-order valence-corrected chi connectivity index (χ3v) is 16.2. The van der Waals surface area contributed by atoms with Gasteiger partial charge in [0.25, 0.3) is 5.91 Å². The van der Waals surface area contributed by atoms with Crippen molar-refractivity contribution in [3.05, 3.63) is 113 Å². The van der Waals surface area contributed by atoms with Crippen molar-refractivity contribution < 1.29 is 48.1 Å². The largest absolute Gasteiger partial charge is 0.391 e. The molecule has 4 aromatic rings. The highest BCUT2D eigenvalue weighted by Gasteiger charge is 2.44. The van der Waals surface area contributed by atoms with Gasteiger partial charge in [-0.3, -0.25) is 33.8 Å². The van der Waals surface area contributed by atoms with Crippen LogP contribution in [0.4, 0.5) is 0 Å². The molecule has 19 heteroatoms. The normalized spacial score (nSPS) is 17.6. The average molecular weight is 1120 g/mol. The van der Waals surface area contributed by atoms with Crippen LogP contribution in [0.15, 0.2) is 84.6 Å². The molecule has 5 heterocycles. The maximum absolute atomic E-state index is 14.0. The van der Waals surface area contributed by atoms with Crippen LogP contribution in [0.3, 0.4) is 0 Å². The molecule has 3 saturated heterocycles. The van der Waals surface area contributed by atoms with Gasteiger partial charge in [0.15, 0.2) is 0 Å². The van der Waals surface area contributed by atoms with Crippen LogP contribution in [0.5, 0.6) is 0 Å². The molecule has 18 nitrogen and oxygen atoms in total. The van der Waals surface area contributed by atoms with E-state index < -0.39 is 29.5 Å². The fraction of sp³-hybridized carbons (Fsp3) is 0.541. The number of hydrogen-bond donors (Lipinski definition) is 4. The maximum Gasteiger partial charge on any atom is 0.253 e. The summed E-state index contributed by atoms with van der Waals surface area (Å²) in [6, 6.07) is 17.8. The van der Waals surface area contributed by atoms with E-state index in [4.69, 9.17) is 14.2 Å². The van der Waals surface area contributed by atoms with Gasteiger partial charge in [-0.2, -0.15) is 0 Å². The van der Waals surface area contributed by atoms with Crippen LogP contribution in [0.2, 0.25) is 0 Å². The number of pyridine rings is 1. The van der Waals surface area contributed by atoms with Gasteiger partial charge in [-0.25, -0.2) is 4.98 Å². The summed E-state index contributed by atoms with van der Waals surface area (Å²) in [5.74, 6) is -0.204. The SMILES string of the molecule is Cc1ncsc1-c1ccc(CNC(=O)[C@@H]2C[C@@H](O)CN2C(=O)[C@@H](NC(=O)CCOCCOCCOCCC(=O)N2CCC(c3ccc(C(=O)N4CCC(CCCCNC(=O)/C=C/c5cccnc5)CC4)cc3)CC2)C(C)(C)C)cc1.